The van der Waals surface area contributed by atoms with Gasteiger partial charge in [0, 0.05) is 0 Å². The highest BCUT2D eigenvalue weighted by Crippen LogP contribution is 1.88. The first-order valence-electron chi connectivity index (χ1n) is 3.32. The summed E-state index contributed by atoms with van der Waals surface area (Å²) < 4.78 is 0. The molecule has 0 atom stereocenters. The van der Waals surface area contributed by atoms with Crippen LogP contribution in [0.4, 0.5) is 0 Å². The SMILES string of the molecule is O=C=c1ccc(CO)cc1=C=O. The molecule has 3 heteroatoms. The van der Waals surface area contributed by atoms with Crippen LogP contribution in [0, 0.1) is 0 Å². The zero-order chi connectivity index (χ0) is 8.97. The van der Waals surface area contributed by atoms with Crippen LogP contribution in [0.5, 0.6) is 0 Å². The molecule has 0 unspecified atom stereocenters. The second-order valence-corrected chi connectivity index (χ2v) is 2.24. The van der Waals surface area contributed by atoms with E-state index in [1.807, 2.05) is 0 Å². The van der Waals surface area contributed by atoms with Crippen LogP contribution in [-0.2, 0) is 16.2 Å². The third-order valence-corrected chi connectivity index (χ3v) is 1.49. The summed E-state index contributed by atoms with van der Waals surface area (Å²) in [6.07, 6.45) is 0. The van der Waals surface area contributed by atoms with Crippen LogP contribution in [0.2, 0.25) is 0 Å². The lowest BCUT2D eigenvalue weighted by molar-refractivity contribution is 0.281. The largest absolute Gasteiger partial charge is 0.392 e. The molecule has 0 radical (unpaired) electrons. The topological polar surface area (TPSA) is 54.4 Å². The van der Waals surface area contributed by atoms with E-state index in [9.17, 15) is 9.59 Å². The first-order chi connectivity index (χ1) is 5.81. The average molecular weight is 162 g/mol. The standard InChI is InChI=1S/C9H6O3/c10-4-7-1-2-8(5-11)9(3-7)6-12/h1-3,10H,4H2. The molecule has 0 aromatic heterocycles. The Morgan fingerprint density at radius 3 is 2.33 bits per heavy atom. The number of benzene rings is 1. The van der Waals surface area contributed by atoms with E-state index in [0.717, 1.165) is 0 Å². The number of hydrogen-bond acceptors (Lipinski definition) is 3. The van der Waals surface area contributed by atoms with Crippen molar-refractivity contribution >= 4 is 11.9 Å². The van der Waals surface area contributed by atoms with Gasteiger partial charge in [0.1, 0.15) is 11.9 Å². The average Bonchev–Trinajstić information content (AvgIpc) is 2.16. The van der Waals surface area contributed by atoms with Crippen molar-refractivity contribution in [3.05, 3.63) is 34.2 Å². The van der Waals surface area contributed by atoms with Crippen molar-refractivity contribution in [1.82, 2.24) is 0 Å². The second kappa shape index (κ2) is 3.65. The Morgan fingerprint density at radius 2 is 1.83 bits per heavy atom. The molecular formula is C9H6O3. The van der Waals surface area contributed by atoms with Gasteiger partial charge in [-0.25, -0.2) is 9.59 Å². The Kier molecular flexibility index (Phi) is 2.57. The lowest BCUT2D eigenvalue weighted by atomic mass is 10.2. The molecule has 0 aliphatic heterocycles. The maximum Gasteiger partial charge on any atom is 0.133 e. The van der Waals surface area contributed by atoms with E-state index in [2.05, 4.69) is 0 Å². The van der Waals surface area contributed by atoms with E-state index in [0.29, 0.717) is 5.56 Å². The lowest BCUT2D eigenvalue weighted by Gasteiger charge is -1.91. The molecule has 0 fully saturated rings. The van der Waals surface area contributed by atoms with Gasteiger partial charge >= 0.3 is 0 Å². The number of rotatable bonds is 1. The lowest BCUT2D eigenvalue weighted by Crippen LogP contribution is -2.27. The van der Waals surface area contributed by atoms with Gasteiger partial charge in [0.2, 0.25) is 0 Å². The Hall–Kier alpha value is -1.66. The van der Waals surface area contributed by atoms with Gasteiger partial charge in [-0.15, -0.1) is 0 Å². The number of carbonyl (C=O) groups excluding carboxylic acids is 2. The molecule has 1 rings (SSSR count). The highest BCUT2D eigenvalue weighted by Gasteiger charge is 1.91. The van der Waals surface area contributed by atoms with E-state index in [1.54, 1.807) is 17.9 Å². The summed E-state index contributed by atoms with van der Waals surface area (Å²) >= 11 is 0. The molecule has 0 aliphatic carbocycles. The van der Waals surface area contributed by atoms with Crippen molar-refractivity contribution in [3.63, 3.8) is 0 Å². The molecule has 0 heterocycles. The molecule has 0 amide bonds. The highest BCUT2D eigenvalue weighted by molar-refractivity contribution is 5.54. The van der Waals surface area contributed by atoms with E-state index >= 15 is 0 Å². The summed E-state index contributed by atoms with van der Waals surface area (Å²) in [6.45, 7) is -0.159. The summed E-state index contributed by atoms with van der Waals surface area (Å²) in [5.74, 6) is 3.20. The summed E-state index contributed by atoms with van der Waals surface area (Å²) in [4.78, 5) is 20.5. The van der Waals surface area contributed by atoms with Crippen molar-refractivity contribution in [2.75, 3.05) is 0 Å². The van der Waals surface area contributed by atoms with Crippen LogP contribution in [0.3, 0.4) is 0 Å². The van der Waals surface area contributed by atoms with Crippen molar-refractivity contribution in [3.8, 4) is 0 Å². The van der Waals surface area contributed by atoms with Crippen LogP contribution >= 0.6 is 0 Å². The first-order valence-corrected chi connectivity index (χ1v) is 3.32. The van der Waals surface area contributed by atoms with Gasteiger partial charge < -0.3 is 5.11 Å². The van der Waals surface area contributed by atoms with E-state index < -0.39 is 0 Å². The van der Waals surface area contributed by atoms with Gasteiger partial charge in [-0.2, -0.15) is 0 Å². The van der Waals surface area contributed by atoms with Gasteiger partial charge in [-0.05, 0) is 17.7 Å². The van der Waals surface area contributed by atoms with Gasteiger partial charge in [-0.3, -0.25) is 0 Å². The minimum atomic E-state index is -0.159. The Labute approximate surface area is 68.3 Å². The molecule has 0 bridgehead atoms. The van der Waals surface area contributed by atoms with Crippen LogP contribution in [-0.4, -0.2) is 17.0 Å². The van der Waals surface area contributed by atoms with Crippen molar-refractivity contribution in [2.24, 2.45) is 0 Å². The van der Waals surface area contributed by atoms with Crippen molar-refractivity contribution in [1.29, 1.82) is 0 Å². The maximum atomic E-state index is 10.3. The van der Waals surface area contributed by atoms with E-state index in [4.69, 9.17) is 5.11 Å². The molecule has 0 aliphatic rings. The van der Waals surface area contributed by atoms with Crippen molar-refractivity contribution < 1.29 is 14.7 Å². The monoisotopic (exact) mass is 162 g/mol. The Balaban J connectivity index is 3.64. The van der Waals surface area contributed by atoms with Gasteiger partial charge in [0.05, 0.1) is 17.0 Å². The fourth-order valence-electron chi connectivity index (χ4n) is 0.863. The molecule has 1 N–H and O–H groups in total. The Bertz CT molecular complexity index is 437. The first kappa shape index (κ1) is 8.44. The van der Waals surface area contributed by atoms with Crippen LogP contribution in [0.15, 0.2) is 18.2 Å². The van der Waals surface area contributed by atoms with Crippen LogP contribution < -0.4 is 10.4 Å². The molecule has 1 aromatic rings. The predicted octanol–water partition coefficient (Wildman–Crippen LogP) is -1.81. The quantitative estimate of drug-likeness (QED) is 0.529. The summed E-state index contributed by atoms with van der Waals surface area (Å²) in [5, 5.41) is 9.00. The third kappa shape index (κ3) is 1.49. The number of aliphatic hydroxyl groups is 1. The van der Waals surface area contributed by atoms with E-state index in [-0.39, 0.29) is 17.0 Å². The fourth-order valence-corrected chi connectivity index (χ4v) is 0.863. The third-order valence-electron chi connectivity index (χ3n) is 1.49. The molecule has 0 saturated carbocycles. The summed E-state index contributed by atoms with van der Waals surface area (Å²) in [7, 11) is 0. The second-order valence-electron chi connectivity index (χ2n) is 2.24. The normalized spacial score (nSPS) is 8.75. The maximum absolute atomic E-state index is 10.3. The van der Waals surface area contributed by atoms with Crippen LogP contribution in [0.1, 0.15) is 5.56 Å². The molecule has 1 aromatic carbocycles. The van der Waals surface area contributed by atoms with Gasteiger partial charge in [-0.1, -0.05) is 6.07 Å². The molecule has 0 spiro atoms. The van der Waals surface area contributed by atoms with Gasteiger partial charge in [0.25, 0.3) is 0 Å². The molecule has 60 valence electrons. The van der Waals surface area contributed by atoms with Crippen molar-refractivity contribution in [2.45, 2.75) is 6.61 Å². The molecule has 0 saturated heterocycles. The number of hydrogen-bond donors (Lipinski definition) is 1. The fraction of sp³-hybridized carbons (Fsp3) is 0.111. The van der Waals surface area contributed by atoms with E-state index in [1.165, 1.54) is 12.1 Å². The molecule has 3 nitrogen and oxygen atoms in total. The summed E-state index contributed by atoms with van der Waals surface area (Å²) in [5.41, 5.74) is 0.576. The van der Waals surface area contributed by atoms with Crippen LogP contribution in [0.25, 0.3) is 0 Å². The predicted molar refractivity (Wildman–Crippen MR) is 41.2 cm³/mol. The minimum Gasteiger partial charge on any atom is -0.392 e. The zero-order valence-electron chi connectivity index (χ0n) is 6.20. The summed E-state index contributed by atoms with van der Waals surface area (Å²) in [6, 6.07) is 4.40. The van der Waals surface area contributed by atoms with Gasteiger partial charge in [0.15, 0.2) is 0 Å². The number of aliphatic hydroxyl groups excluding tert-OH is 1. The minimum absolute atomic E-state index is 0.136. The zero-order valence-corrected chi connectivity index (χ0v) is 6.20. The molecular weight excluding hydrogens is 156 g/mol. The molecule has 12 heavy (non-hydrogen) atoms. The Morgan fingerprint density at radius 1 is 1.17 bits per heavy atom. The smallest absolute Gasteiger partial charge is 0.133 e. The highest BCUT2D eigenvalue weighted by atomic mass is 16.3.